The molecule has 16 heteroatoms. The Bertz CT molecular complexity index is 2550. The van der Waals surface area contributed by atoms with Crippen molar-refractivity contribution in [1.29, 1.82) is 0 Å². The van der Waals surface area contributed by atoms with Gasteiger partial charge in [-0.15, -0.1) is 0 Å². The molecule has 1 unspecified atom stereocenters. The molecule has 2 saturated heterocycles. The van der Waals surface area contributed by atoms with Crippen molar-refractivity contribution in [1.82, 2.24) is 40.0 Å². The normalized spacial score (nSPS) is 20.9. The molecule has 3 aliphatic heterocycles. The maximum atomic E-state index is 14.8. The van der Waals surface area contributed by atoms with Gasteiger partial charge in [0.05, 0.1) is 24.5 Å². The van der Waals surface area contributed by atoms with Gasteiger partial charge in [0.25, 0.3) is 5.91 Å². The Morgan fingerprint density at radius 2 is 1.83 bits per heavy atom. The van der Waals surface area contributed by atoms with Gasteiger partial charge < -0.3 is 34.3 Å². The van der Waals surface area contributed by atoms with Gasteiger partial charge in [-0.25, -0.2) is 5.43 Å². The van der Waals surface area contributed by atoms with Crippen molar-refractivity contribution < 1.29 is 38.6 Å². The number of esters is 1. The topological polar surface area (TPSA) is 179 Å². The number of hydrogen-bond acceptors (Lipinski definition) is 11. The molecule has 4 aromatic rings. The number of likely N-dealkylation sites (N-methyl/N-ethyl adjacent to an activating group) is 2. The number of ether oxygens (including phenoxy) is 2. The fourth-order valence-corrected chi connectivity index (χ4v) is 10.1. The quantitative estimate of drug-likeness (QED) is 0.0823. The molecule has 2 aromatic heterocycles. The number of phenolic OH excluding ortho intramolecular Hbond substituents is 1. The highest BCUT2D eigenvalue weighted by atomic mass is 16.5. The van der Waals surface area contributed by atoms with Crippen molar-refractivity contribution in [2.75, 3.05) is 60.6 Å². The van der Waals surface area contributed by atoms with Gasteiger partial charge in [0.2, 0.25) is 17.7 Å². The Balaban J connectivity index is 1.24. The Labute approximate surface area is 406 Å². The van der Waals surface area contributed by atoms with Gasteiger partial charge in [0.1, 0.15) is 29.9 Å². The molecule has 2 fully saturated rings. The van der Waals surface area contributed by atoms with E-state index in [2.05, 4.69) is 68.1 Å². The molecule has 0 radical (unpaired) electrons. The zero-order chi connectivity index (χ0) is 49.9. The molecule has 3 N–H and O–H groups in total. The number of benzene rings is 2. The lowest BCUT2D eigenvalue weighted by Gasteiger charge is -2.37. The number of hydrogen-bond donors (Lipinski definition) is 3. The van der Waals surface area contributed by atoms with Crippen LogP contribution in [0.4, 0.5) is 0 Å². The van der Waals surface area contributed by atoms with Gasteiger partial charge in [-0.3, -0.25) is 38.9 Å². The first-order chi connectivity index (χ1) is 32.8. The molecule has 4 amide bonds. The molecule has 7 rings (SSSR count). The molecule has 2 aromatic carbocycles. The number of nitrogens with zero attached hydrogens (tertiary/aromatic N) is 6. The number of aromatic hydroxyl groups is 1. The van der Waals surface area contributed by atoms with E-state index in [-0.39, 0.29) is 55.7 Å². The number of carbonyl (C=O) groups is 5. The average molecular weight is 949 g/mol. The molecule has 0 spiro atoms. The van der Waals surface area contributed by atoms with Crippen molar-refractivity contribution in [2.45, 2.75) is 117 Å². The number of phenols is 1. The second-order valence-corrected chi connectivity index (χ2v) is 20.6. The SMILES string of the molecule is CCn1c(-c2cccnc2C(C)C)c2c3cc(ccc31)-c1cc(O)cc(c1)C[C@H](NC(=O)[C@H](C(C)C)N(C)C(=O)CN(C)C(=O)[C@H]1CN1CCCOC)C(=O)N1CCC[C@H](N1)C(=O)OCC(C)(C)C2. The first-order valence-corrected chi connectivity index (χ1v) is 24.5. The van der Waals surface area contributed by atoms with E-state index in [0.29, 0.717) is 44.5 Å². The summed E-state index contributed by atoms with van der Waals surface area (Å²) in [5.41, 5.74) is 10.0. The lowest BCUT2D eigenvalue weighted by atomic mass is 9.83. The van der Waals surface area contributed by atoms with E-state index in [1.165, 1.54) is 21.9 Å². The highest BCUT2D eigenvalue weighted by Gasteiger charge is 2.43. The van der Waals surface area contributed by atoms with Crippen LogP contribution < -0.4 is 10.7 Å². The number of nitrogens with one attached hydrogen (secondary N) is 2. The van der Waals surface area contributed by atoms with Gasteiger partial charge in [-0.05, 0) is 103 Å². The molecule has 6 bridgehead atoms. The second kappa shape index (κ2) is 21.4. The number of rotatable bonds is 14. The zero-order valence-corrected chi connectivity index (χ0v) is 42.1. The highest BCUT2D eigenvalue weighted by molar-refractivity contribution is 5.96. The Kier molecular flexibility index (Phi) is 15.8. The molecular weight excluding hydrogens is 877 g/mol. The van der Waals surface area contributed by atoms with Crippen LogP contribution in [0.1, 0.15) is 90.5 Å². The van der Waals surface area contributed by atoms with Crippen molar-refractivity contribution in [2.24, 2.45) is 11.3 Å². The van der Waals surface area contributed by atoms with Crippen molar-refractivity contribution in [3.63, 3.8) is 0 Å². The van der Waals surface area contributed by atoms with Gasteiger partial charge in [0.15, 0.2) is 0 Å². The minimum Gasteiger partial charge on any atom is -0.508 e. The van der Waals surface area contributed by atoms with E-state index in [4.69, 9.17) is 14.5 Å². The minimum atomic E-state index is -1.18. The first-order valence-electron chi connectivity index (χ1n) is 24.5. The number of aromatic nitrogens is 2. The summed E-state index contributed by atoms with van der Waals surface area (Å²) in [6, 6.07) is 12.3. The lowest BCUT2D eigenvalue weighted by molar-refractivity contribution is -0.155. The largest absolute Gasteiger partial charge is 0.508 e. The van der Waals surface area contributed by atoms with Crippen LogP contribution in [0.15, 0.2) is 54.7 Å². The summed E-state index contributed by atoms with van der Waals surface area (Å²) >= 11 is 0. The minimum absolute atomic E-state index is 0.00751. The van der Waals surface area contributed by atoms with Crippen LogP contribution >= 0.6 is 0 Å². The smallest absolute Gasteiger partial charge is 0.324 e. The maximum absolute atomic E-state index is 14.8. The van der Waals surface area contributed by atoms with Crippen LogP contribution in [0.3, 0.4) is 0 Å². The average Bonchev–Trinajstić information content (AvgIpc) is 4.03. The predicted octanol–water partition coefficient (Wildman–Crippen LogP) is 5.53. The summed E-state index contributed by atoms with van der Waals surface area (Å²) in [6.07, 6.45) is 4.14. The predicted molar refractivity (Wildman–Crippen MR) is 265 cm³/mol. The molecular formula is C53H72N8O8. The second-order valence-electron chi connectivity index (χ2n) is 20.6. The van der Waals surface area contributed by atoms with Crippen LogP contribution in [0.2, 0.25) is 0 Å². The maximum Gasteiger partial charge on any atom is 0.324 e. The molecule has 372 valence electrons. The van der Waals surface area contributed by atoms with Crippen molar-refractivity contribution >= 4 is 40.5 Å². The summed E-state index contributed by atoms with van der Waals surface area (Å²) in [7, 11) is 4.76. The monoisotopic (exact) mass is 949 g/mol. The third kappa shape index (κ3) is 11.5. The van der Waals surface area contributed by atoms with Crippen LogP contribution in [-0.4, -0.2) is 149 Å². The van der Waals surface area contributed by atoms with E-state index in [9.17, 15) is 29.1 Å². The Morgan fingerprint density at radius 1 is 1.06 bits per heavy atom. The Morgan fingerprint density at radius 3 is 2.54 bits per heavy atom. The van der Waals surface area contributed by atoms with E-state index in [1.807, 2.05) is 43.1 Å². The summed E-state index contributed by atoms with van der Waals surface area (Å²) in [4.78, 5) is 79.9. The van der Waals surface area contributed by atoms with Gasteiger partial charge >= 0.3 is 5.97 Å². The van der Waals surface area contributed by atoms with Gasteiger partial charge in [0, 0.05) is 88.5 Å². The number of aryl methyl sites for hydroxylation is 1. The molecule has 3 aliphatic rings. The number of cyclic esters (lactones) is 1. The van der Waals surface area contributed by atoms with Crippen LogP contribution in [0.5, 0.6) is 5.75 Å². The molecule has 69 heavy (non-hydrogen) atoms. The summed E-state index contributed by atoms with van der Waals surface area (Å²) in [5, 5.41) is 16.7. The van der Waals surface area contributed by atoms with Crippen molar-refractivity contribution in [3.8, 4) is 28.1 Å². The van der Waals surface area contributed by atoms with Gasteiger partial charge in [-0.2, -0.15) is 0 Å². The molecule has 0 aliphatic carbocycles. The molecule has 16 nitrogen and oxygen atoms in total. The van der Waals surface area contributed by atoms with Crippen LogP contribution in [-0.2, 0) is 52.8 Å². The van der Waals surface area contributed by atoms with E-state index < -0.39 is 47.2 Å². The lowest BCUT2D eigenvalue weighted by Crippen LogP contribution is -2.62. The summed E-state index contributed by atoms with van der Waals surface area (Å²) in [6.45, 7) is 17.0. The summed E-state index contributed by atoms with van der Waals surface area (Å²) in [5.74, 6) is -2.33. The van der Waals surface area contributed by atoms with E-state index >= 15 is 0 Å². The number of methoxy groups -OCH3 is 1. The number of amides is 4. The fourth-order valence-electron chi connectivity index (χ4n) is 10.1. The van der Waals surface area contributed by atoms with Gasteiger partial charge in [-0.1, -0.05) is 53.7 Å². The van der Waals surface area contributed by atoms with Crippen molar-refractivity contribution in [3.05, 3.63) is 71.5 Å². The first kappa shape index (κ1) is 51.0. The molecule has 5 heterocycles. The molecule has 0 saturated carbocycles. The van der Waals surface area contributed by atoms with Crippen LogP contribution in [0, 0.1) is 11.3 Å². The number of hydrazine groups is 1. The number of carbonyl (C=O) groups excluding carboxylic acids is 5. The van der Waals surface area contributed by atoms with E-state index in [0.717, 1.165) is 57.5 Å². The third-order valence-electron chi connectivity index (χ3n) is 13.7. The molecule has 5 atom stereocenters. The summed E-state index contributed by atoms with van der Waals surface area (Å²) < 4.78 is 13.6. The zero-order valence-electron chi connectivity index (χ0n) is 42.1. The Hall–Kier alpha value is -5.84. The standard InChI is InChI=1S/C53H72N8O8/c1-11-60-43-18-17-35-27-39(43)40(48(60)38-15-12-19-54-46(38)32(2)3)28-53(6,7)31-69-52(67)41-16-13-21-61(56-41)50(65)42(25-34-23-36(35)26-37(62)24-34)55-49(64)47(33(4)5)58(9)45(63)30-57(8)51(66)44-29-59(44)20-14-22-68-10/h12,15,17-19,23-24,26-27,32-33,41-42,44,47,56,62H,11,13-14,16,20-22,25,28-31H2,1-10H3,(H,55,64)/t41-,42-,44+,47-,59?/m0/s1. The fraction of sp³-hybridized carbons (Fsp3) is 0.547. The third-order valence-corrected chi connectivity index (χ3v) is 13.7. The highest BCUT2D eigenvalue weighted by Crippen LogP contribution is 2.42. The number of fused-ring (bicyclic) bond motifs is 6. The van der Waals surface area contributed by atoms with Crippen LogP contribution in [0.25, 0.3) is 33.3 Å². The number of pyridine rings is 1. The van der Waals surface area contributed by atoms with E-state index in [1.54, 1.807) is 26.3 Å².